The Morgan fingerprint density at radius 2 is 1.82 bits per heavy atom. The first kappa shape index (κ1) is 14.1. The molecule has 0 bridgehead atoms. The SMILES string of the molecule is COC(=O)c1ccc(CNc2ccc3ccccc3n2)cc1. The molecule has 110 valence electrons. The van der Waals surface area contributed by atoms with E-state index in [1.807, 2.05) is 48.5 Å². The Labute approximate surface area is 128 Å². The molecule has 2 aromatic carbocycles. The van der Waals surface area contributed by atoms with Gasteiger partial charge in [0.25, 0.3) is 0 Å². The minimum Gasteiger partial charge on any atom is -0.465 e. The van der Waals surface area contributed by atoms with Gasteiger partial charge in [-0.1, -0.05) is 30.3 Å². The molecule has 0 amide bonds. The number of nitrogens with one attached hydrogen (secondary N) is 1. The average Bonchev–Trinajstić information content (AvgIpc) is 2.59. The van der Waals surface area contributed by atoms with Crippen molar-refractivity contribution >= 4 is 22.7 Å². The summed E-state index contributed by atoms with van der Waals surface area (Å²) in [7, 11) is 1.38. The van der Waals surface area contributed by atoms with Gasteiger partial charge in [-0.3, -0.25) is 0 Å². The fourth-order valence-corrected chi connectivity index (χ4v) is 2.23. The summed E-state index contributed by atoms with van der Waals surface area (Å²) >= 11 is 0. The van der Waals surface area contributed by atoms with Gasteiger partial charge in [0.2, 0.25) is 0 Å². The topological polar surface area (TPSA) is 51.2 Å². The van der Waals surface area contributed by atoms with Crippen LogP contribution >= 0.6 is 0 Å². The summed E-state index contributed by atoms with van der Waals surface area (Å²) in [6.07, 6.45) is 0. The molecular formula is C18H16N2O2. The summed E-state index contributed by atoms with van der Waals surface area (Å²) in [5.41, 5.74) is 2.59. The van der Waals surface area contributed by atoms with E-state index in [0.29, 0.717) is 12.1 Å². The number of para-hydroxylation sites is 1. The Morgan fingerprint density at radius 3 is 2.59 bits per heavy atom. The number of aromatic nitrogens is 1. The molecule has 0 aliphatic rings. The van der Waals surface area contributed by atoms with Gasteiger partial charge in [-0.05, 0) is 35.9 Å². The van der Waals surface area contributed by atoms with E-state index < -0.39 is 0 Å². The first-order valence-corrected chi connectivity index (χ1v) is 7.03. The van der Waals surface area contributed by atoms with Gasteiger partial charge >= 0.3 is 5.97 Å². The van der Waals surface area contributed by atoms with E-state index in [1.54, 1.807) is 12.1 Å². The molecule has 3 rings (SSSR count). The second-order valence-corrected chi connectivity index (χ2v) is 4.93. The highest BCUT2D eigenvalue weighted by atomic mass is 16.5. The van der Waals surface area contributed by atoms with E-state index in [9.17, 15) is 4.79 Å². The highest BCUT2D eigenvalue weighted by Gasteiger charge is 2.04. The van der Waals surface area contributed by atoms with Gasteiger partial charge in [0, 0.05) is 11.9 Å². The largest absolute Gasteiger partial charge is 0.465 e. The summed E-state index contributed by atoms with van der Waals surface area (Å²) < 4.78 is 4.68. The third kappa shape index (κ3) is 3.06. The second kappa shape index (κ2) is 6.26. The first-order valence-electron chi connectivity index (χ1n) is 7.03. The predicted molar refractivity (Wildman–Crippen MR) is 86.9 cm³/mol. The molecule has 3 aromatic rings. The van der Waals surface area contributed by atoms with Crippen LogP contribution in [0.2, 0.25) is 0 Å². The van der Waals surface area contributed by atoms with Crippen LogP contribution in [0.15, 0.2) is 60.7 Å². The molecule has 1 N–H and O–H groups in total. The maximum absolute atomic E-state index is 11.4. The van der Waals surface area contributed by atoms with E-state index in [1.165, 1.54) is 7.11 Å². The number of fused-ring (bicyclic) bond motifs is 1. The lowest BCUT2D eigenvalue weighted by Gasteiger charge is -2.07. The van der Waals surface area contributed by atoms with Crippen molar-refractivity contribution < 1.29 is 9.53 Å². The quantitative estimate of drug-likeness (QED) is 0.746. The van der Waals surface area contributed by atoms with Gasteiger partial charge < -0.3 is 10.1 Å². The molecule has 0 spiro atoms. The van der Waals surface area contributed by atoms with Crippen molar-refractivity contribution in [2.24, 2.45) is 0 Å². The Kier molecular flexibility index (Phi) is 4.01. The fourth-order valence-electron chi connectivity index (χ4n) is 2.23. The highest BCUT2D eigenvalue weighted by Crippen LogP contribution is 2.15. The Morgan fingerprint density at radius 1 is 1.05 bits per heavy atom. The Balaban J connectivity index is 1.69. The van der Waals surface area contributed by atoms with E-state index in [2.05, 4.69) is 15.0 Å². The first-order chi connectivity index (χ1) is 10.8. The molecule has 1 heterocycles. The van der Waals surface area contributed by atoms with Crippen molar-refractivity contribution in [1.29, 1.82) is 0 Å². The number of nitrogens with zero attached hydrogens (tertiary/aromatic N) is 1. The van der Waals surface area contributed by atoms with Crippen LogP contribution in [0.1, 0.15) is 15.9 Å². The Bertz CT molecular complexity index is 798. The number of anilines is 1. The van der Waals surface area contributed by atoms with Crippen LogP contribution in [-0.2, 0) is 11.3 Å². The number of rotatable bonds is 4. The molecule has 4 nitrogen and oxygen atoms in total. The third-order valence-corrected chi connectivity index (χ3v) is 3.45. The van der Waals surface area contributed by atoms with Gasteiger partial charge in [-0.15, -0.1) is 0 Å². The van der Waals surface area contributed by atoms with Crippen molar-refractivity contribution in [2.75, 3.05) is 12.4 Å². The zero-order chi connectivity index (χ0) is 15.4. The molecular weight excluding hydrogens is 276 g/mol. The number of carbonyl (C=O) groups excluding carboxylic acids is 1. The summed E-state index contributed by atoms with van der Waals surface area (Å²) in [6.45, 7) is 0.646. The summed E-state index contributed by atoms with van der Waals surface area (Å²) in [6, 6.07) is 19.3. The molecule has 1 aromatic heterocycles. The normalized spacial score (nSPS) is 10.4. The molecule has 0 fully saturated rings. The maximum atomic E-state index is 11.4. The third-order valence-electron chi connectivity index (χ3n) is 3.45. The standard InChI is InChI=1S/C18H16N2O2/c1-22-18(21)15-8-6-13(7-9-15)12-19-17-11-10-14-4-2-3-5-16(14)20-17/h2-11H,12H2,1H3,(H,19,20). The van der Waals surface area contributed by atoms with Crippen molar-refractivity contribution in [3.63, 3.8) is 0 Å². The zero-order valence-corrected chi connectivity index (χ0v) is 12.2. The van der Waals surface area contributed by atoms with Crippen LogP contribution in [0.25, 0.3) is 10.9 Å². The van der Waals surface area contributed by atoms with Crippen LogP contribution in [0.3, 0.4) is 0 Å². The van der Waals surface area contributed by atoms with E-state index >= 15 is 0 Å². The number of ether oxygens (including phenoxy) is 1. The van der Waals surface area contributed by atoms with Crippen LogP contribution in [0.5, 0.6) is 0 Å². The summed E-state index contributed by atoms with van der Waals surface area (Å²) in [5.74, 6) is 0.506. The van der Waals surface area contributed by atoms with Gasteiger partial charge in [0.05, 0.1) is 18.2 Å². The van der Waals surface area contributed by atoms with Gasteiger partial charge in [-0.25, -0.2) is 9.78 Å². The lowest BCUT2D eigenvalue weighted by Crippen LogP contribution is -2.03. The lowest BCUT2D eigenvalue weighted by molar-refractivity contribution is 0.0600. The molecule has 0 radical (unpaired) electrons. The highest BCUT2D eigenvalue weighted by molar-refractivity contribution is 5.89. The molecule has 22 heavy (non-hydrogen) atoms. The van der Waals surface area contributed by atoms with Crippen molar-refractivity contribution in [3.8, 4) is 0 Å². The van der Waals surface area contributed by atoms with E-state index in [-0.39, 0.29) is 5.97 Å². The zero-order valence-electron chi connectivity index (χ0n) is 12.2. The summed E-state index contributed by atoms with van der Waals surface area (Å²) in [5, 5.41) is 4.41. The minimum atomic E-state index is -0.323. The number of hydrogen-bond donors (Lipinski definition) is 1. The van der Waals surface area contributed by atoms with Gasteiger partial charge in [0.15, 0.2) is 0 Å². The van der Waals surface area contributed by atoms with E-state index in [0.717, 1.165) is 22.3 Å². The molecule has 0 saturated carbocycles. The smallest absolute Gasteiger partial charge is 0.337 e. The molecule has 0 aliphatic carbocycles. The number of pyridine rings is 1. The monoisotopic (exact) mass is 292 g/mol. The van der Waals surface area contributed by atoms with Crippen LogP contribution in [0, 0.1) is 0 Å². The number of methoxy groups -OCH3 is 1. The van der Waals surface area contributed by atoms with Crippen molar-refractivity contribution in [1.82, 2.24) is 4.98 Å². The number of esters is 1. The molecule has 0 aliphatic heterocycles. The van der Waals surface area contributed by atoms with Crippen LogP contribution < -0.4 is 5.32 Å². The average molecular weight is 292 g/mol. The molecule has 4 heteroatoms. The maximum Gasteiger partial charge on any atom is 0.337 e. The lowest BCUT2D eigenvalue weighted by atomic mass is 10.1. The number of hydrogen-bond acceptors (Lipinski definition) is 4. The second-order valence-electron chi connectivity index (χ2n) is 4.93. The van der Waals surface area contributed by atoms with Crippen LogP contribution in [-0.4, -0.2) is 18.1 Å². The molecule has 0 atom stereocenters. The fraction of sp³-hybridized carbons (Fsp3) is 0.111. The van der Waals surface area contributed by atoms with Crippen molar-refractivity contribution in [3.05, 3.63) is 71.8 Å². The minimum absolute atomic E-state index is 0.323. The number of carbonyl (C=O) groups is 1. The van der Waals surface area contributed by atoms with Gasteiger partial charge in [-0.2, -0.15) is 0 Å². The van der Waals surface area contributed by atoms with Crippen LogP contribution in [0.4, 0.5) is 5.82 Å². The molecule has 0 unspecified atom stereocenters. The summed E-state index contributed by atoms with van der Waals surface area (Å²) in [4.78, 5) is 15.9. The predicted octanol–water partition coefficient (Wildman–Crippen LogP) is 3.63. The van der Waals surface area contributed by atoms with E-state index in [4.69, 9.17) is 0 Å². The molecule has 0 saturated heterocycles. The Hall–Kier alpha value is -2.88. The number of benzene rings is 2. The van der Waals surface area contributed by atoms with Gasteiger partial charge in [0.1, 0.15) is 5.82 Å². The van der Waals surface area contributed by atoms with Crippen molar-refractivity contribution in [2.45, 2.75) is 6.54 Å².